The van der Waals surface area contributed by atoms with Crippen LogP contribution in [0.4, 0.5) is 0 Å². The Labute approximate surface area is 327 Å². The maximum atomic E-state index is 6.66. The minimum absolute atomic E-state index is 0.867. The van der Waals surface area contributed by atoms with E-state index in [9.17, 15) is 0 Å². The molecule has 0 spiro atoms. The standard InChI is InChI=1S/C54H32O3/c1-3-9-33(10-4-1)36-17-22-49-45(28-36)47-31-38(19-24-51(47)55-49)35-13-7-14-41(27-35)42-15-8-16-43-44-30-39(21-26-53(44)57-54(42)43)40-20-25-52-48(32-40)46-29-37(18-23-50(46)56-52)34-11-5-2-6-12-34/h1-32H. The first-order valence-electron chi connectivity index (χ1n) is 19.3. The van der Waals surface area contributed by atoms with E-state index < -0.39 is 0 Å². The van der Waals surface area contributed by atoms with Crippen molar-refractivity contribution in [1.82, 2.24) is 0 Å². The highest BCUT2D eigenvalue weighted by Gasteiger charge is 2.16. The number of para-hydroxylation sites is 1. The molecule has 0 saturated carbocycles. The Morgan fingerprint density at radius 2 is 0.561 bits per heavy atom. The molecule has 0 fully saturated rings. The van der Waals surface area contributed by atoms with Gasteiger partial charge in [-0.2, -0.15) is 0 Å². The number of hydrogen-bond donors (Lipinski definition) is 0. The second-order valence-electron chi connectivity index (χ2n) is 14.9. The van der Waals surface area contributed by atoms with E-state index in [1.807, 2.05) is 12.1 Å². The van der Waals surface area contributed by atoms with Gasteiger partial charge in [0.15, 0.2) is 0 Å². The van der Waals surface area contributed by atoms with Crippen molar-refractivity contribution in [1.29, 1.82) is 0 Å². The lowest BCUT2D eigenvalue weighted by Crippen LogP contribution is -1.83. The predicted octanol–water partition coefficient (Wildman–Crippen LogP) is 15.7. The maximum Gasteiger partial charge on any atom is 0.143 e. The Bertz CT molecular complexity index is 3510. The monoisotopic (exact) mass is 728 g/mol. The van der Waals surface area contributed by atoms with E-state index >= 15 is 0 Å². The quantitative estimate of drug-likeness (QED) is 0.177. The van der Waals surface area contributed by atoms with Crippen LogP contribution in [0.15, 0.2) is 207 Å². The molecule has 0 unspecified atom stereocenters. The zero-order valence-electron chi connectivity index (χ0n) is 30.7. The molecule has 12 rings (SSSR count). The molecule has 0 radical (unpaired) electrons. The average Bonchev–Trinajstić information content (AvgIpc) is 3.97. The molecular formula is C54H32O3. The van der Waals surface area contributed by atoms with Crippen molar-refractivity contribution in [3.63, 3.8) is 0 Å². The number of hydrogen-bond acceptors (Lipinski definition) is 3. The van der Waals surface area contributed by atoms with Crippen LogP contribution >= 0.6 is 0 Å². The number of rotatable bonds is 5. The molecule has 9 aromatic carbocycles. The third-order valence-corrected chi connectivity index (χ3v) is 11.5. The smallest absolute Gasteiger partial charge is 0.143 e. The highest BCUT2D eigenvalue weighted by atomic mass is 16.3. The first-order chi connectivity index (χ1) is 28.2. The first kappa shape index (κ1) is 31.7. The topological polar surface area (TPSA) is 39.4 Å². The van der Waals surface area contributed by atoms with Crippen molar-refractivity contribution < 1.29 is 13.3 Å². The van der Waals surface area contributed by atoms with Crippen LogP contribution in [0.3, 0.4) is 0 Å². The molecule has 0 N–H and O–H groups in total. The molecule has 3 heteroatoms. The van der Waals surface area contributed by atoms with Gasteiger partial charge >= 0.3 is 0 Å². The van der Waals surface area contributed by atoms with Gasteiger partial charge in [-0.1, -0.05) is 127 Å². The van der Waals surface area contributed by atoms with Crippen molar-refractivity contribution in [2.45, 2.75) is 0 Å². The van der Waals surface area contributed by atoms with Gasteiger partial charge in [0.2, 0.25) is 0 Å². The fraction of sp³-hybridized carbons (Fsp3) is 0. The van der Waals surface area contributed by atoms with Crippen LogP contribution in [-0.2, 0) is 0 Å². The fourth-order valence-corrected chi connectivity index (χ4v) is 8.61. The van der Waals surface area contributed by atoms with Gasteiger partial charge in [-0.15, -0.1) is 0 Å². The van der Waals surface area contributed by atoms with Crippen LogP contribution < -0.4 is 0 Å². The lowest BCUT2D eigenvalue weighted by Gasteiger charge is -2.07. The van der Waals surface area contributed by atoms with Crippen LogP contribution in [0.5, 0.6) is 0 Å². The molecule has 0 amide bonds. The van der Waals surface area contributed by atoms with E-state index in [0.29, 0.717) is 0 Å². The third-order valence-electron chi connectivity index (χ3n) is 11.5. The van der Waals surface area contributed by atoms with Crippen LogP contribution in [0.25, 0.3) is 121 Å². The summed E-state index contributed by atoms with van der Waals surface area (Å²) >= 11 is 0. The normalized spacial score (nSPS) is 11.9. The average molecular weight is 729 g/mol. The summed E-state index contributed by atoms with van der Waals surface area (Å²) in [5.41, 5.74) is 16.7. The summed E-state index contributed by atoms with van der Waals surface area (Å²) in [6.45, 7) is 0. The Morgan fingerprint density at radius 1 is 0.211 bits per heavy atom. The molecule has 3 aromatic heterocycles. The van der Waals surface area contributed by atoms with Gasteiger partial charge in [0.25, 0.3) is 0 Å². The summed E-state index contributed by atoms with van der Waals surface area (Å²) in [4.78, 5) is 0. The molecule has 0 aliphatic heterocycles. The van der Waals surface area contributed by atoms with E-state index in [2.05, 4.69) is 182 Å². The molecule has 57 heavy (non-hydrogen) atoms. The number of benzene rings is 9. The van der Waals surface area contributed by atoms with Crippen molar-refractivity contribution in [2.24, 2.45) is 0 Å². The molecule has 0 saturated heterocycles. The summed E-state index contributed by atoms with van der Waals surface area (Å²) in [7, 11) is 0. The summed E-state index contributed by atoms with van der Waals surface area (Å²) in [5, 5.41) is 6.64. The molecular weight excluding hydrogens is 697 g/mol. The predicted molar refractivity (Wildman–Crippen MR) is 235 cm³/mol. The maximum absolute atomic E-state index is 6.66. The van der Waals surface area contributed by atoms with E-state index in [-0.39, 0.29) is 0 Å². The Hall–Kier alpha value is -7.62. The van der Waals surface area contributed by atoms with Gasteiger partial charge in [0.1, 0.15) is 33.5 Å². The van der Waals surface area contributed by atoms with Crippen molar-refractivity contribution >= 4 is 65.8 Å². The molecule has 0 aliphatic carbocycles. The van der Waals surface area contributed by atoms with Crippen LogP contribution in [0.1, 0.15) is 0 Å². The molecule has 0 bridgehead atoms. The van der Waals surface area contributed by atoms with Gasteiger partial charge in [-0.25, -0.2) is 0 Å². The SMILES string of the molecule is c1ccc(-c2ccc3oc4ccc(-c5cccc(-c6cccc7c6oc6ccc(-c8ccc9oc%10ccc(-c%11ccccc%11)cc%10c9c8)cc67)c5)cc4c3c2)cc1. The van der Waals surface area contributed by atoms with Crippen molar-refractivity contribution in [2.75, 3.05) is 0 Å². The molecule has 3 nitrogen and oxygen atoms in total. The molecule has 12 aromatic rings. The summed E-state index contributed by atoms with van der Waals surface area (Å²) in [6.07, 6.45) is 0. The fourth-order valence-electron chi connectivity index (χ4n) is 8.61. The van der Waals surface area contributed by atoms with Gasteiger partial charge < -0.3 is 13.3 Å². The van der Waals surface area contributed by atoms with Crippen LogP contribution in [0.2, 0.25) is 0 Å². The van der Waals surface area contributed by atoms with Gasteiger partial charge in [-0.05, 0) is 117 Å². The van der Waals surface area contributed by atoms with Crippen LogP contribution in [-0.4, -0.2) is 0 Å². The largest absolute Gasteiger partial charge is 0.456 e. The Kier molecular flexibility index (Phi) is 6.93. The van der Waals surface area contributed by atoms with Gasteiger partial charge in [0, 0.05) is 37.9 Å². The summed E-state index contributed by atoms with van der Waals surface area (Å²) < 4.78 is 19.2. The second-order valence-corrected chi connectivity index (χ2v) is 14.9. The van der Waals surface area contributed by atoms with E-state index in [1.165, 1.54) is 22.3 Å². The number of fused-ring (bicyclic) bond motifs is 9. The van der Waals surface area contributed by atoms with Crippen LogP contribution in [0, 0.1) is 0 Å². The molecule has 266 valence electrons. The zero-order valence-corrected chi connectivity index (χ0v) is 30.7. The zero-order chi connectivity index (χ0) is 37.5. The summed E-state index contributed by atoms with van der Waals surface area (Å²) in [5.74, 6) is 0. The van der Waals surface area contributed by atoms with Gasteiger partial charge in [-0.3, -0.25) is 0 Å². The third kappa shape index (κ3) is 5.21. The van der Waals surface area contributed by atoms with Crippen molar-refractivity contribution in [3.05, 3.63) is 194 Å². The highest BCUT2D eigenvalue weighted by molar-refractivity contribution is 6.12. The molecule has 3 heterocycles. The molecule has 0 atom stereocenters. The Morgan fingerprint density at radius 3 is 1.04 bits per heavy atom. The van der Waals surface area contributed by atoms with E-state index in [4.69, 9.17) is 13.3 Å². The van der Waals surface area contributed by atoms with Gasteiger partial charge in [0.05, 0.1) is 0 Å². The Balaban J connectivity index is 0.920. The van der Waals surface area contributed by atoms with Crippen molar-refractivity contribution in [3.8, 4) is 55.6 Å². The minimum Gasteiger partial charge on any atom is -0.456 e. The first-order valence-corrected chi connectivity index (χ1v) is 19.3. The molecule has 0 aliphatic rings. The minimum atomic E-state index is 0.867. The van der Waals surface area contributed by atoms with E-state index in [0.717, 1.165) is 99.2 Å². The lowest BCUT2D eigenvalue weighted by molar-refractivity contribution is 0.668. The highest BCUT2D eigenvalue weighted by Crippen LogP contribution is 2.41. The van der Waals surface area contributed by atoms with E-state index in [1.54, 1.807) is 0 Å². The summed E-state index contributed by atoms with van der Waals surface area (Å²) in [6, 6.07) is 68.6. The lowest BCUT2D eigenvalue weighted by atomic mass is 9.96. The number of furan rings is 3. The second kappa shape index (κ2) is 12.5.